The van der Waals surface area contributed by atoms with Crippen LogP contribution in [0.2, 0.25) is 0 Å². The van der Waals surface area contributed by atoms with Crippen molar-refractivity contribution in [3.8, 4) is 0 Å². The van der Waals surface area contributed by atoms with Crippen LogP contribution in [0.3, 0.4) is 0 Å². The average Bonchev–Trinajstić information content (AvgIpc) is 3.01. The van der Waals surface area contributed by atoms with Gasteiger partial charge in [0.25, 0.3) is 0 Å². The molecule has 0 bridgehead atoms. The van der Waals surface area contributed by atoms with Crippen LogP contribution >= 0.6 is 24.0 Å². The third kappa shape index (κ3) is 5.07. The first-order valence-electron chi connectivity index (χ1n) is 8.73. The Morgan fingerprint density at radius 3 is 2.67 bits per heavy atom. The van der Waals surface area contributed by atoms with Crippen LogP contribution in [0.1, 0.15) is 24.5 Å². The van der Waals surface area contributed by atoms with E-state index in [-0.39, 0.29) is 24.0 Å². The van der Waals surface area contributed by atoms with Crippen molar-refractivity contribution in [2.24, 2.45) is 10.7 Å². The van der Waals surface area contributed by atoms with Crippen molar-refractivity contribution in [3.05, 3.63) is 29.3 Å². The molecule has 3 rings (SSSR count). The summed E-state index contributed by atoms with van der Waals surface area (Å²) < 4.78 is 0. The van der Waals surface area contributed by atoms with Crippen molar-refractivity contribution in [1.29, 1.82) is 0 Å². The van der Waals surface area contributed by atoms with Gasteiger partial charge < -0.3 is 16.0 Å². The topological polar surface area (TPSA) is 56.9 Å². The summed E-state index contributed by atoms with van der Waals surface area (Å²) in [4.78, 5) is 9.40. The van der Waals surface area contributed by atoms with Crippen LogP contribution in [0, 0.1) is 0 Å². The van der Waals surface area contributed by atoms with Gasteiger partial charge >= 0.3 is 0 Å². The molecular weight excluding hydrogens is 413 g/mol. The van der Waals surface area contributed by atoms with Crippen molar-refractivity contribution in [1.82, 2.24) is 9.80 Å². The number of rotatable bonds is 4. The molecule has 1 heterocycles. The quantitative estimate of drug-likeness (QED) is 0.426. The summed E-state index contributed by atoms with van der Waals surface area (Å²) in [7, 11) is 2.18. The molecule has 0 radical (unpaired) electrons. The Bertz CT molecular complexity index is 567. The van der Waals surface area contributed by atoms with E-state index < -0.39 is 0 Å². The molecule has 1 aliphatic carbocycles. The summed E-state index contributed by atoms with van der Waals surface area (Å²) in [6.07, 6.45) is 3.66. The lowest BCUT2D eigenvalue weighted by molar-refractivity contribution is 0.122. The maximum atomic E-state index is 6.06. The number of nitrogens with one attached hydrogen (secondary N) is 1. The number of aryl methyl sites for hydroxylation is 2. The van der Waals surface area contributed by atoms with E-state index in [0.717, 1.165) is 38.4 Å². The molecule has 5 nitrogen and oxygen atoms in total. The van der Waals surface area contributed by atoms with E-state index in [4.69, 9.17) is 5.73 Å². The Morgan fingerprint density at radius 1 is 1.21 bits per heavy atom. The first-order valence-corrected chi connectivity index (χ1v) is 8.73. The number of likely N-dealkylation sites (N-methyl/N-ethyl adjacent to an activating group) is 1. The van der Waals surface area contributed by atoms with Gasteiger partial charge in [-0.2, -0.15) is 0 Å². The molecule has 0 saturated carbocycles. The maximum Gasteiger partial charge on any atom is 0.193 e. The third-order valence-corrected chi connectivity index (χ3v) is 5.06. The highest BCUT2D eigenvalue weighted by Gasteiger charge is 2.18. The van der Waals surface area contributed by atoms with Crippen LogP contribution in [-0.2, 0) is 12.8 Å². The van der Waals surface area contributed by atoms with E-state index in [1.165, 1.54) is 30.4 Å². The molecule has 1 aromatic rings. The second kappa shape index (κ2) is 9.01. The summed E-state index contributed by atoms with van der Waals surface area (Å²) in [6.45, 7) is 7.48. The van der Waals surface area contributed by atoms with E-state index >= 15 is 0 Å². The fourth-order valence-corrected chi connectivity index (χ4v) is 3.45. The molecule has 6 heteroatoms. The minimum atomic E-state index is 0. The van der Waals surface area contributed by atoms with Gasteiger partial charge in [-0.1, -0.05) is 6.07 Å². The van der Waals surface area contributed by atoms with Crippen molar-refractivity contribution in [3.63, 3.8) is 0 Å². The SMILES string of the molecule is CC(CN=C(N)Nc1ccc2c(c1)CCC2)N1CCN(C)CC1.I. The number of aliphatic imine (C=N–C) groups is 1. The van der Waals surface area contributed by atoms with Gasteiger partial charge in [0.15, 0.2) is 5.96 Å². The number of piperazine rings is 1. The molecule has 0 spiro atoms. The minimum absolute atomic E-state index is 0. The van der Waals surface area contributed by atoms with E-state index in [0.29, 0.717) is 12.0 Å². The monoisotopic (exact) mass is 443 g/mol. The predicted molar refractivity (Wildman–Crippen MR) is 113 cm³/mol. The van der Waals surface area contributed by atoms with Crippen molar-refractivity contribution >= 4 is 35.6 Å². The first-order chi connectivity index (χ1) is 11.1. The van der Waals surface area contributed by atoms with Crippen LogP contribution in [0.4, 0.5) is 5.69 Å². The highest BCUT2D eigenvalue weighted by atomic mass is 127. The normalized spacial score (nSPS) is 20.3. The van der Waals surface area contributed by atoms with E-state index in [9.17, 15) is 0 Å². The van der Waals surface area contributed by atoms with Crippen molar-refractivity contribution in [2.75, 3.05) is 45.1 Å². The van der Waals surface area contributed by atoms with Gasteiger partial charge in [0.2, 0.25) is 0 Å². The molecular formula is C18H30IN5. The van der Waals surface area contributed by atoms with Gasteiger partial charge in [0.05, 0.1) is 6.54 Å². The highest BCUT2D eigenvalue weighted by Crippen LogP contribution is 2.24. The van der Waals surface area contributed by atoms with Crippen LogP contribution < -0.4 is 11.1 Å². The molecule has 2 aliphatic rings. The highest BCUT2D eigenvalue weighted by molar-refractivity contribution is 14.0. The fourth-order valence-electron chi connectivity index (χ4n) is 3.45. The standard InChI is InChI=1S/C18H29N5.HI/c1-14(23-10-8-22(2)9-11-23)13-20-18(19)21-17-7-6-15-4-3-5-16(15)12-17;/h6-7,12,14H,3-5,8-11,13H2,1-2H3,(H3,19,20,21);1H. The number of hydrogen-bond acceptors (Lipinski definition) is 3. The largest absolute Gasteiger partial charge is 0.370 e. The maximum absolute atomic E-state index is 6.06. The zero-order valence-corrected chi connectivity index (χ0v) is 17.1. The van der Waals surface area contributed by atoms with E-state index in [1.54, 1.807) is 0 Å². The third-order valence-electron chi connectivity index (χ3n) is 5.06. The summed E-state index contributed by atoms with van der Waals surface area (Å²) in [5.74, 6) is 0.518. The molecule has 1 aliphatic heterocycles. The summed E-state index contributed by atoms with van der Waals surface area (Å²) in [5, 5.41) is 3.24. The van der Waals surface area contributed by atoms with Gasteiger partial charge in [-0.15, -0.1) is 24.0 Å². The Balaban J connectivity index is 0.00000208. The summed E-state index contributed by atoms with van der Waals surface area (Å²) in [6, 6.07) is 6.97. The van der Waals surface area contributed by atoms with Crippen LogP contribution in [-0.4, -0.2) is 61.6 Å². The number of hydrogen-bond donors (Lipinski definition) is 2. The number of nitrogens with two attached hydrogens (primary N) is 1. The lowest BCUT2D eigenvalue weighted by Gasteiger charge is -2.35. The smallest absolute Gasteiger partial charge is 0.193 e. The van der Waals surface area contributed by atoms with E-state index in [2.05, 4.69) is 52.3 Å². The van der Waals surface area contributed by atoms with Crippen molar-refractivity contribution < 1.29 is 0 Å². The Hall–Kier alpha value is -0.860. The van der Waals surface area contributed by atoms with Crippen LogP contribution in [0.5, 0.6) is 0 Å². The number of benzene rings is 1. The predicted octanol–water partition coefficient (Wildman–Crippen LogP) is 2.16. The number of halogens is 1. The summed E-state index contributed by atoms with van der Waals surface area (Å²) >= 11 is 0. The molecule has 0 amide bonds. The second-order valence-corrected chi connectivity index (χ2v) is 6.88. The minimum Gasteiger partial charge on any atom is -0.370 e. The number of anilines is 1. The Kier molecular flexibility index (Phi) is 7.31. The molecule has 0 aromatic heterocycles. The number of fused-ring (bicyclic) bond motifs is 1. The van der Waals surface area contributed by atoms with Gasteiger partial charge in [-0.05, 0) is 56.5 Å². The van der Waals surface area contributed by atoms with Gasteiger partial charge in [-0.25, -0.2) is 0 Å². The van der Waals surface area contributed by atoms with Crippen LogP contribution in [0.15, 0.2) is 23.2 Å². The number of guanidine groups is 1. The lowest BCUT2D eigenvalue weighted by Crippen LogP contribution is -2.49. The van der Waals surface area contributed by atoms with Crippen LogP contribution in [0.25, 0.3) is 0 Å². The number of nitrogens with zero attached hydrogens (tertiary/aromatic N) is 3. The lowest BCUT2D eigenvalue weighted by atomic mass is 10.1. The zero-order valence-electron chi connectivity index (χ0n) is 14.8. The average molecular weight is 443 g/mol. The molecule has 134 valence electrons. The fraction of sp³-hybridized carbons (Fsp3) is 0.611. The molecule has 1 fully saturated rings. The first kappa shape index (κ1) is 19.5. The second-order valence-electron chi connectivity index (χ2n) is 6.88. The summed E-state index contributed by atoms with van der Waals surface area (Å²) in [5.41, 5.74) is 10.1. The van der Waals surface area contributed by atoms with E-state index in [1.807, 2.05) is 0 Å². The molecule has 1 unspecified atom stereocenters. The molecule has 3 N–H and O–H groups in total. The van der Waals surface area contributed by atoms with Gasteiger partial charge in [-0.3, -0.25) is 9.89 Å². The molecule has 1 saturated heterocycles. The molecule has 1 atom stereocenters. The Labute approximate surface area is 162 Å². The molecule has 24 heavy (non-hydrogen) atoms. The zero-order chi connectivity index (χ0) is 16.2. The van der Waals surface area contributed by atoms with Gasteiger partial charge in [0, 0.05) is 37.9 Å². The van der Waals surface area contributed by atoms with Crippen molar-refractivity contribution in [2.45, 2.75) is 32.2 Å². The van der Waals surface area contributed by atoms with Gasteiger partial charge in [0.1, 0.15) is 0 Å². The molecule has 1 aromatic carbocycles. The Morgan fingerprint density at radius 2 is 1.92 bits per heavy atom.